The van der Waals surface area contributed by atoms with Crippen molar-refractivity contribution in [2.45, 2.75) is 6.10 Å². The maximum Gasteiger partial charge on any atom is 0.156 e. The molecule has 0 unspecified atom stereocenters. The van der Waals surface area contributed by atoms with Crippen molar-refractivity contribution >= 4 is 29.5 Å². The Balaban J connectivity index is 1.80. The highest BCUT2D eigenvalue weighted by molar-refractivity contribution is 6.42. The number of carbonyl (C=O) groups excluding carboxylic acids is 1. The monoisotopic (exact) mass is 397 g/mol. The molecule has 0 aliphatic carbocycles. The normalized spacial score (nSPS) is 20.4. The van der Waals surface area contributed by atoms with Crippen molar-refractivity contribution in [3.05, 3.63) is 63.4 Å². The summed E-state index contributed by atoms with van der Waals surface area (Å²) in [4.78, 5) is 11.1. The van der Waals surface area contributed by atoms with Gasteiger partial charge >= 0.3 is 0 Å². The van der Waals surface area contributed by atoms with Crippen LogP contribution in [0.5, 0.6) is 5.75 Å². The molecule has 3 rings (SSSR count). The van der Waals surface area contributed by atoms with Gasteiger partial charge in [-0.25, -0.2) is 4.39 Å². The average Bonchev–Trinajstić information content (AvgIpc) is 2.88. The first-order chi connectivity index (χ1) is 12.6. The molecule has 0 aromatic heterocycles. The van der Waals surface area contributed by atoms with Crippen molar-refractivity contribution in [2.24, 2.45) is 5.92 Å². The third-order valence-electron chi connectivity index (χ3n) is 4.27. The van der Waals surface area contributed by atoms with E-state index in [9.17, 15) is 9.18 Å². The van der Waals surface area contributed by atoms with Gasteiger partial charge in [0, 0.05) is 19.0 Å². The van der Waals surface area contributed by atoms with E-state index in [1.807, 2.05) is 6.07 Å². The Hall–Kier alpha value is -1.66. The van der Waals surface area contributed by atoms with E-state index in [4.69, 9.17) is 32.7 Å². The van der Waals surface area contributed by atoms with E-state index in [0.717, 1.165) is 5.56 Å². The van der Waals surface area contributed by atoms with Crippen LogP contribution in [0.3, 0.4) is 0 Å². The molecule has 0 amide bonds. The fraction of sp³-hybridized carbons (Fsp3) is 0.316. The van der Waals surface area contributed by atoms with Gasteiger partial charge in [0.15, 0.2) is 6.29 Å². The second kappa shape index (κ2) is 8.82. The molecule has 138 valence electrons. The fourth-order valence-electron chi connectivity index (χ4n) is 2.95. The summed E-state index contributed by atoms with van der Waals surface area (Å²) in [5.74, 6) is -0.441. The van der Waals surface area contributed by atoms with Crippen LogP contribution < -0.4 is 10.1 Å². The van der Waals surface area contributed by atoms with Gasteiger partial charge in [-0.1, -0.05) is 35.3 Å². The topological polar surface area (TPSA) is 47.6 Å². The third-order valence-corrected chi connectivity index (χ3v) is 5.01. The molecule has 4 nitrogen and oxygen atoms in total. The van der Waals surface area contributed by atoms with Crippen molar-refractivity contribution in [1.82, 2.24) is 5.32 Å². The standard InChI is InChI=1S/C19H18Cl2FNO3/c20-15-5-4-12(8-16(15)21)19-13(9-23-6-7-25-19)11-26-18-3-1-2-17(22)14(18)10-24/h1-5,8,10,13,19,23H,6-7,9,11H2/t13-,19-/m0/s1. The van der Waals surface area contributed by atoms with Gasteiger partial charge in [-0.2, -0.15) is 0 Å². The summed E-state index contributed by atoms with van der Waals surface area (Å²) in [5.41, 5.74) is 0.813. The van der Waals surface area contributed by atoms with Crippen LogP contribution in [0.15, 0.2) is 36.4 Å². The molecule has 1 aliphatic rings. The Bertz CT molecular complexity index is 787. The maximum absolute atomic E-state index is 13.7. The van der Waals surface area contributed by atoms with Crippen LogP contribution in [0.25, 0.3) is 0 Å². The lowest BCUT2D eigenvalue weighted by Crippen LogP contribution is -2.29. The number of rotatable bonds is 5. The first kappa shape index (κ1) is 19.1. The van der Waals surface area contributed by atoms with Gasteiger partial charge in [0.05, 0.1) is 34.9 Å². The van der Waals surface area contributed by atoms with Gasteiger partial charge in [-0.15, -0.1) is 0 Å². The van der Waals surface area contributed by atoms with Crippen molar-refractivity contribution in [1.29, 1.82) is 0 Å². The van der Waals surface area contributed by atoms with Crippen LogP contribution in [0.4, 0.5) is 4.39 Å². The van der Waals surface area contributed by atoms with Crippen molar-refractivity contribution in [3.8, 4) is 5.75 Å². The highest BCUT2D eigenvalue weighted by atomic mass is 35.5. The molecule has 1 saturated heterocycles. The quantitative estimate of drug-likeness (QED) is 0.763. The molecule has 0 radical (unpaired) electrons. The Morgan fingerprint density at radius 1 is 1.27 bits per heavy atom. The minimum Gasteiger partial charge on any atom is -0.492 e. The van der Waals surface area contributed by atoms with E-state index >= 15 is 0 Å². The summed E-state index contributed by atoms with van der Waals surface area (Å²) in [5, 5.41) is 4.23. The van der Waals surface area contributed by atoms with Crippen LogP contribution in [-0.4, -0.2) is 32.6 Å². The average molecular weight is 398 g/mol. The van der Waals surface area contributed by atoms with Crippen molar-refractivity contribution in [3.63, 3.8) is 0 Å². The molecule has 1 heterocycles. The molecule has 7 heteroatoms. The molecular formula is C19H18Cl2FNO3. The molecule has 1 aliphatic heterocycles. The molecule has 2 atom stereocenters. The molecule has 1 N–H and O–H groups in total. The number of ether oxygens (including phenoxy) is 2. The maximum atomic E-state index is 13.7. The number of carbonyl (C=O) groups is 1. The zero-order valence-corrected chi connectivity index (χ0v) is 15.4. The van der Waals surface area contributed by atoms with Crippen LogP contribution >= 0.6 is 23.2 Å². The van der Waals surface area contributed by atoms with E-state index in [1.54, 1.807) is 18.2 Å². The predicted octanol–water partition coefficient (Wildman–Crippen LogP) is 4.30. The van der Waals surface area contributed by atoms with Crippen LogP contribution in [-0.2, 0) is 4.74 Å². The number of nitrogens with one attached hydrogen (secondary N) is 1. The minimum atomic E-state index is -0.603. The van der Waals surface area contributed by atoms with Gasteiger partial charge in [0.1, 0.15) is 11.6 Å². The molecule has 1 fully saturated rings. The third kappa shape index (κ3) is 4.35. The summed E-state index contributed by atoms with van der Waals surface area (Å²) in [6.45, 7) is 2.16. The summed E-state index contributed by atoms with van der Waals surface area (Å²) in [6, 6.07) is 9.70. The minimum absolute atomic E-state index is 0.0579. The van der Waals surface area contributed by atoms with E-state index in [2.05, 4.69) is 5.32 Å². The van der Waals surface area contributed by atoms with Crippen LogP contribution in [0, 0.1) is 11.7 Å². The summed E-state index contributed by atoms with van der Waals surface area (Å²) in [6.07, 6.45) is 0.205. The van der Waals surface area contributed by atoms with Crippen molar-refractivity contribution < 1.29 is 18.7 Å². The Morgan fingerprint density at radius 2 is 2.12 bits per heavy atom. The molecule has 0 saturated carbocycles. The smallest absolute Gasteiger partial charge is 0.156 e. The SMILES string of the molecule is O=Cc1c(F)cccc1OC[C@@H]1CNCCO[C@H]1c1ccc(Cl)c(Cl)c1. The van der Waals surface area contributed by atoms with E-state index in [1.165, 1.54) is 12.1 Å². The lowest BCUT2D eigenvalue weighted by molar-refractivity contribution is 0.0152. The first-order valence-corrected chi connectivity index (χ1v) is 8.99. The fourth-order valence-corrected chi connectivity index (χ4v) is 3.25. The lowest BCUT2D eigenvalue weighted by atomic mass is 9.96. The zero-order chi connectivity index (χ0) is 18.5. The first-order valence-electron chi connectivity index (χ1n) is 8.24. The van der Waals surface area contributed by atoms with Crippen LogP contribution in [0.2, 0.25) is 10.0 Å². The number of hydrogen-bond donors (Lipinski definition) is 1. The predicted molar refractivity (Wildman–Crippen MR) is 98.8 cm³/mol. The number of benzene rings is 2. The molecular weight excluding hydrogens is 380 g/mol. The Labute approximate surface area is 161 Å². The highest BCUT2D eigenvalue weighted by Crippen LogP contribution is 2.33. The summed E-state index contributed by atoms with van der Waals surface area (Å²) in [7, 11) is 0. The van der Waals surface area contributed by atoms with Gasteiger partial charge in [0.25, 0.3) is 0 Å². The van der Waals surface area contributed by atoms with Gasteiger partial charge in [-0.3, -0.25) is 4.79 Å². The van der Waals surface area contributed by atoms with Gasteiger partial charge in [-0.05, 0) is 29.8 Å². The number of halogens is 3. The Kier molecular flexibility index (Phi) is 6.48. The largest absolute Gasteiger partial charge is 0.492 e. The molecule has 2 aromatic carbocycles. The Morgan fingerprint density at radius 3 is 2.88 bits per heavy atom. The summed E-state index contributed by atoms with van der Waals surface area (Å²) < 4.78 is 25.5. The number of aldehydes is 1. The zero-order valence-electron chi connectivity index (χ0n) is 13.9. The molecule has 2 aromatic rings. The van der Waals surface area contributed by atoms with E-state index in [0.29, 0.717) is 36.0 Å². The number of hydrogen-bond acceptors (Lipinski definition) is 4. The summed E-state index contributed by atoms with van der Waals surface area (Å²) >= 11 is 12.1. The molecule has 26 heavy (non-hydrogen) atoms. The van der Waals surface area contributed by atoms with Gasteiger partial charge in [0.2, 0.25) is 0 Å². The van der Waals surface area contributed by atoms with E-state index < -0.39 is 5.82 Å². The van der Waals surface area contributed by atoms with Crippen molar-refractivity contribution in [2.75, 3.05) is 26.3 Å². The molecule has 0 bridgehead atoms. The second-order valence-corrected chi connectivity index (χ2v) is 6.82. The van der Waals surface area contributed by atoms with E-state index in [-0.39, 0.29) is 29.9 Å². The lowest BCUT2D eigenvalue weighted by Gasteiger charge is -2.25. The van der Waals surface area contributed by atoms with Crippen LogP contribution in [0.1, 0.15) is 22.0 Å². The molecule has 0 spiro atoms. The second-order valence-electron chi connectivity index (χ2n) is 6.01. The van der Waals surface area contributed by atoms with Gasteiger partial charge < -0.3 is 14.8 Å². The highest BCUT2D eigenvalue weighted by Gasteiger charge is 2.27.